The summed E-state index contributed by atoms with van der Waals surface area (Å²) in [6.07, 6.45) is 3.84. The second kappa shape index (κ2) is 6.68. The van der Waals surface area contributed by atoms with Crippen LogP contribution in [-0.4, -0.2) is 36.9 Å². The Kier molecular flexibility index (Phi) is 4.63. The van der Waals surface area contributed by atoms with E-state index in [2.05, 4.69) is 10.6 Å². The summed E-state index contributed by atoms with van der Waals surface area (Å²) < 4.78 is 11.6. The molecule has 2 amide bonds. The lowest BCUT2D eigenvalue weighted by atomic mass is 10.2. The first-order valence-electron chi connectivity index (χ1n) is 8.04. The van der Waals surface area contributed by atoms with Gasteiger partial charge in [0, 0.05) is 25.1 Å². The molecule has 23 heavy (non-hydrogen) atoms. The van der Waals surface area contributed by atoms with E-state index in [1.165, 1.54) is 0 Å². The summed E-state index contributed by atoms with van der Waals surface area (Å²) in [5.74, 6) is -1.79. The summed E-state index contributed by atoms with van der Waals surface area (Å²) in [5.41, 5.74) is 1.69. The summed E-state index contributed by atoms with van der Waals surface area (Å²) in [6.45, 7) is 2.70. The highest BCUT2D eigenvalue weighted by Crippen LogP contribution is 2.38. The summed E-state index contributed by atoms with van der Waals surface area (Å²) >= 11 is 0. The number of nitrogens with one attached hydrogen (secondary N) is 2. The fourth-order valence-electron chi connectivity index (χ4n) is 3.00. The summed E-state index contributed by atoms with van der Waals surface area (Å²) in [4.78, 5) is 23.7. The van der Waals surface area contributed by atoms with Crippen molar-refractivity contribution in [1.82, 2.24) is 5.32 Å². The van der Waals surface area contributed by atoms with E-state index in [1.807, 2.05) is 19.1 Å². The first kappa shape index (κ1) is 16.0. The summed E-state index contributed by atoms with van der Waals surface area (Å²) in [7, 11) is 0. The van der Waals surface area contributed by atoms with Gasteiger partial charge in [-0.05, 0) is 31.9 Å². The van der Waals surface area contributed by atoms with Crippen LogP contribution in [0, 0.1) is 6.92 Å². The maximum Gasteiger partial charge on any atom is 0.313 e. The summed E-state index contributed by atoms with van der Waals surface area (Å²) in [6, 6.07) is 7.27. The molecule has 1 aromatic carbocycles. The maximum atomic E-state index is 11.9. The Morgan fingerprint density at radius 3 is 2.57 bits per heavy atom. The molecule has 6 nitrogen and oxygen atoms in total. The Morgan fingerprint density at radius 1 is 1.17 bits per heavy atom. The van der Waals surface area contributed by atoms with E-state index in [0.29, 0.717) is 12.3 Å². The number of benzene rings is 1. The molecular weight excluding hydrogens is 296 g/mol. The predicted molar refractivity (Wildman–Crippen MR) is 84.8 cm³/mol. The molecule has 0 unspecified atom stereocenters. The van der Waals surface area contributed by atoms with Gasteiger partial charge in [0.1, 0.15) is 6.10 Å². The molecule has 2 N–H and O–H groups in total. The van der Waals surface area contributed by atoms with Crippen molar-refractivity contribution >= 4 is 17.5 Å². The minimum Gasteiger partial charge on any atom is -0.347 e. The molecule has 0 bridgehead atoms. The van der Waals surface area contributed by atoms with Gasteiger partial charge in [-0.15, -0.1) is 0 Å². The van der Waals surface area contributed by atoms with E-state index in [-0.39, 0.29) is 12.6 Å². The van der Waals surface area contributed by atoms with Crippen LogP contribution in [-0.2, 0) is 19.1 Å². The quantitative estimate of drug-likeness (QED) is 0.832. The van der Waals surface area contributed by atoms with Crippen molar-refractivity contribution < 1.29 is 19.1 Å². The molecule has 3 rings (SSSR count). The molecule has 0 aromatic heterocycles. The SMILES string of the molecule is Cc1ccc(NC(=O)C(=O)NC[C@H]2COC3(CCCC3)O2)cc1. The molecular formula is C17H22N2O4. The number of rotatable bonds is 3. The average molecular weight is 318 g/mol. The number of hydrogen-bond donors (Lipinski definition) is 2. The van der Waals surface area contributed by atoms with Crippen LogP contribution < -0.4 is 10.6 Å². The largest absolute Gasteiger partial charge is 0.347 e. The molecule has 2 fully saturated rings. The molecule has 124 valence electrons. The zero-order chi connectivity index (χ0) is 16.3. The minimum atomic E-state index is -0.677. The van der Waals surface area contributed by atoms with Crippen LogP contribution in [0.1, 0.15) is 31.2 Å². The Balaban J connectivity index is 1.44. The molecule has 1 aliphatic heterocycles. The van der Waals surface area contributed by atoms with Crippen LogP contribution in [0.5, 0.6) is 0 Å². The standard InChI is InChI=1S/C17H22N2O4/c1-12-4-6-13(7-5-12)19-16(21)15(20)18-10-14-11-22-17(23-14)8-2-3-9-17/h4-7,14H,2-3,8-11H2,1H3,(H,18,20)(H,19,21)/t14-/m0/s1. The highest BCUT2D eigenvalue weighted by atomic mass is 16.7. The molecule has 1 heterocycles. The molecule has 1 saturated heterocycles. The predicted octanol–water partition coefficient (Wildman–Crippen LogP) is 1.74. The fourth-order valence-corrected chi connectivity index (χ4v) is 3.00. The van der Waals surface area contributed by atoms with Gasteiger partial charge in [-0.25, -0.2) is 0 Å². The van der Waals surface area contributed by atoms with Crippen molar-refractivity contribution in [1.29, 1.82) is 0 Å². The zero-order valence-electron chi connectivity index (χ0n) is 13.3. The molecule has 1 saturated carbocycles. The third kappa shape index (κ3) is 3.89. The molecule has 0 radical (unpaired) electrons. The number of carbonyl (C=O) groups is 2. The lowest BCUT2D eigenvalue weighted by Gasteiger charge is -2.21. The lowest BCUT2D eigenvalue weighted by Crippen LogP contribution is -2.40. The molecule has 1 aliphatic carbocycles. The van der Waals surface area contributed by atoms with Gasteiger partial charge in [0.25, 0.3) is 0 Å². The van der Waals surface area contributed by atoms with E-state index in [9.17, 15) is 9.59 Å². The van der Waals surface area contributed by atoms with Gasteiger partial charge in [-0.3, -0.25) is 9.59 Å². The van der Waals surface area contributed by atoms with Crippen molar-refractivity contribution in [2.75, 3.05) is 18.5 Å². The van der Waals surface area contributed by atoms with E-state index in [1.54, 1.807) is 12.1 Å². The topological polar surface area (TPSA) is 76.7 Å². The summed E-state index contributed by atoms with van der Waals surface area (Å²) in [5, 5.41) is 5.18. The number of carbonyl (C=O) groups excluding carboxylic acids is 2. The normalized spacial score (nSPS) is 22.2. The number of anilines is 1. The van der Waals surface area contributed by atoms with E-state index in [0.717, 1.165) is 31.2 Å². The number of ether oxygens (including phenoxy) is 2. The average Bonchev–Trinajstić information content (AvgIpc) is 3.17. The van der Waals surface area contributed by atoms with Crippen molar-refractivity contribution in [2.24, 2.45) is 0 Å². The monoisotopic (exact) mass is 318 g/mol. The van der Waals surface area contributed by atoms with Crippen LogP contribution in [0.3, 0.4) is 0 Å². The van der Waals surface area contributed by atoms with Gasteiger partial charge in [0.2, 0.25) is 0 Å². The molecule has 2 aliphatic rings. The van der Waals surface area contributed by atoms with Gasteiger partial charge < -0.3 is 20.1 Å². The van der Waals surface area contributed by atoms with Crippen LogP contribution in [0.4, 0.5) is 5.69 Å². The van der Waals surface area contributed by atoms with Crippen LogP contribution in [0.25, 0.3) is 0 Å². The van der Waals surface area contributed by atoms with Gasteiger partial charge in [0.05, 0.1) is 6.61 Å². The lowest BCUT2D eigenvalue weighted by molar-refractivity contribution is -0.161. The first-order chi connectivity index (χ1) is 11.1. The van der Waals surface area contributed by atoms with Crippen molar-refractivity contribution in [3.05, 3.63) is 29.8 Å². The van der Waals surface area contributed by atoms with Gasteiger partial charge in [0.15, 0.2) is 5.79 Å². The second-order valence-electron chi connectivity index (χ2n) is 6.20. The Hall–Kier alpha value is -1.92. The highest BCUT2D eigenvalue weighted by Gasteiger charge is 2.43. The van der Waals surface area contributed by atoms with Crippen LogP contribution in [0.15, 0.2) is 24.3 Å². The van der Waals surface area contributed by atoms with Crippen molar-refractivity contribution in [3.63, 3.8) is 0 Å². The Morgan fingerprint density at radius 2 is 1.87 bits per heavy atom. The van der Waals surface area contributed by atoms with Gasteiger partial charge in [-0.1, -0.05) is 17.7 Å². The third-order valence-corrected chi connectivity index (χ3v) is 4.29. The smallest absolute Gasteiger partial charge is 0.313 e. The second-order valence-corrected chi connectivity index (χ2v) is 6.20. The van der Waals surface area contributed by atoms with Crippen molar-refractivity contribution in [2.45, 2.75) is 44.5 Å². The van der Waals surface area contributed by atoms with E-state index in [4.69, 9.17) is 9.47 Å². The fraction of sp³-hybridized carbons (Fsp3) is 0.529. The maximum absolute atomic E-state index is 11.9. The number of amides is 2. The zero-order valence-corrected chi connectivity index (χ0v) is 13.3. The highest BCUT2D eigenvalue weighted by molar-refractivity contribution is 6.39. The van der Waals surface area contributed by atoms with Crippen LogP contribution >= 0.6 is 0 Å². The molecule has 1 atom stereocenters. The van der Waals surface area contributed by atoms with Gasteiger partial charge >= 0.3 is 11.8 Å². The first-order valence-corrected chi connectivity index (χ1v) is 8.04. The third-order valence-electron chi connectivity index (χ3n) is 4.29. The number of aryl methyl sites for hydroxylation is 1. The van der Waals surface area contributed by atoms with Crippen molar-refractivity contribution in [3.8, 4) is 0 Å². The molecule has 1 aromatic rings. The minimum absolute atomic E-state index is 0.191. The van der Waals surface area contributed by atoms with E-state index < -0.39 is 17.6 Å². The van der Waals surface area contributed by atoms with Gasteiger partial charge in [-0.2, -0.15) is 0 Å². The molecule has 6 heteroatoms. The van der Waals surface area contributed by atoms with Crippen LogP contribution in [0.2, 0.25) is 0 Å². The Labute approximate surface area is 135 Å². The Bertz CT molecular complexity index is 579. The number of hydrogen-bond acceptors (Lipinski definition) is 4. The molecule has 1 spiro atoms. The van der Waals surface area contributed by atoms with E-state index >= 15 is 0 Å².